The van der Waals surface area contributed by atoms with E-state index in [2.05, 4.69) is 10.2 Å². The fraction of sp³-hybridized carbons (Fsp3) is 0.500. The molecule has 0 atom stereocenters. The van der Waals surface area contributed by atoms with E-state index in [1.165, 1.54) is 6.07 Å². The number of hydrogen-bond acceptors (Lipinski definition) is 3. The van der Waals surface area contributed by atoms with E-state index < -0.39 is 5.82 Å². The molecule has 1 aromatic carbocycles. The number of halogens is 1. The van der Waals surface area contributed by atoms with E-state index in [0.29, 0.717) is 19.6 Å². The normalized spacial score (nSPS) is 16.2. The number of aryl methyl sites for hydroxylation is 1. The summed E-state index contributed by atoms with van der Waals surface area (Å²) in [5.74, 6) is -0.419. The van der Waals surface area contributed by atoms with Crippen LogP contribution in [0.3, 0.4) is 0 Å². The van der Waals surface area contributed by atoms with Gasteiger partial charge < -0.3 is 15.3 Å². The molecule has 20 heavy (non-hydrogen) atoms. The number of amides is 2. The van der Waals surface area contributed by atoms with Gasteiger partial charge in [0.05, 0.1) is 12.3 Å². The number of aliphatic hydroxyl groups is 1. The summed E-state index contributed by atoms with van der Waals surface area (Å²) in [6, 6.07) is 4.45. The van der Waals surface area contributed by atoms with Gasteiger partial charge in [-0.2, -0.15) is 0 Å². The van der Waals surface area contributed by atoms with E-state index in [0.717, 1.165) is 18.7 Å². The third-order valence-electron chi connectivity index (χ3n) is 3.44. The third kappa shape index (κ3) is 3.68. The van der Waals surface area contributed by atoms with Crippen molar-refractivity contribution in [3.63, 3.8) is 0 Å². The first-order valence-electron chi connectivity index (χ1n) is 6.75. The molecule has 0 unspecified atom stereocenters. The second-order valence-electron chi connectivity index (χ2n) is 4.97. The van der Waals surface area contributed by atoms with Crippen molar-refractivity contribution in [3.05, 3.63) is 29.6 Å². The van der Waals surface area contributed by atoms with Crippen molar-refractivity contribution in [2.75, 3.05) is 44.6 Å². The minimum Gasteiger partial charge on any atom is -0.395 e. The van der Waals surface area contributed by atoms with E-state index in [1.807, 2.05) is 0 Å². The summed E-state index contributed by atoms with van der Waals surface area (Å²) in [6.07, 6.45) is 0. The molecule has 110 valence electrons. The van der Waals surface area contributed by atoms with Gasteiger partial charge in [-0.25, -0.2) is 9.18 Å². The second kappa shape index (κ2) is 6.67. The van der Waals surface area contributed by atoms with Gasteiger partial charge in [-0.1, -0.05) is 6.07 Å². The first-order valence-corrected chi connectivity index (χ1v) is 6.75. The monoisotopic (exact) mass is 281 g/mol. The van der Waals surface area contributed by atoms with Crippen molar-refractivity contribution in [2.45, 2.75) is 6.92 Å². The maximum atomic E-state index is 13.7. The molecule has 5 nitrogen and oxygen atoms in total. The van der Waals surface area contributed by atoms with Crippen LogP contribution in [0.15, 0.2) is 18.2 Å². The first-order chi connectivity index (χ1) is 9.60. The molecule has 0 bridgehead atoms. The van der Waals surface area contributed by atoms with Crippen molar-refractivity contribution in [3.8, 4) is 0 Å². The number of nitrogens with zero attached hydrogens (tertiary/aromatic N) is 2. The summed E-state index contributed by atoms with van der Waals surface area (Å²) in [6.45, 7) is 5.17. The van der Waals surface area contributed by atoms with Gasteiger partial charge in [0.1, 0.15) is 5.82 Å². The van der Waals surface area contributed by atoms with Crippen LogP contribution in [0.5, 0.6) is 0 Å². The van der Waals surface area contributed by atoms with Crippen LogP contribution < -0.4 is 5.32 Å². The number of anilines is 1. The fourth-order valence-corrected chi connectivity index (χ4v) is 2.23. The number of carbonyl (C=O) groups is 1. The second-order valence-corrected chi connectivity index (χ2v) is 4.97. The number of rotatable bonds is 3. The van der Waals surface area contributed by atoms with Gasteiger partial charge in [-0.3, -0.25) is 4.90 Å². The molecule has 0 saturated carbocycles. The van der Waals surface area contributed by atoms with Crippen molar-refractivity contribution >= 4 is 11.7 Å². The minimum atomic E-state index is -0.419. The fourth-order valence-electron chi connectivity index (χ4n) is 2.23. The van der Waals surface area contributed by atoms with Crippen molar-refractivity contribution in [2.24, 2.45) is 0 Å². The zero-order valence-electron chi connectivity index (χ0n) is 11.6. The number of nitrogens with one attached hydrogen (secondary N) is 1. The highest BCUT2D eigenvalue weighted by atomic mass is 19.1. The van der Waals surface area contributed by atoms with Gasteiger partial charge in [-0.15, -0.1) is 0 Å². The number of hydrogen-bond donors (Lipinski definition) is 2. The van der Waals surface area contributed by atoms with Crippen LogP contribution in [0.2, 0.25) is 0 Å². The number of β-amino-alcohol motifs (C(OH)–C–C–N with tert-alkyl or cyclic N) is 1. The van der Waals surface area contributed by atoms with E-state index in [-0.39, 0.29) is 18.3 Å². The molecule has 0 radical (unpaired) electrons. The molecule has 0 aliphatic carbocycles. The van der Waals surface area contributed by atoms with Crippen molar-refractivity contribution in [1.29, 1.82) is 0 Å². The lowest BCUT2D eigenvalue weighted by atomic mass is 10.2. The zero-order valence-corrected chi connectivity index (χ0v) is 11.6. The molecule has 2 rings (SSSR count). The summed E-state index contributed by atoms with van der Waals surface area (Å²) in [5, 5.41) is 11.5. The smallest absolute Gasteiger partial charge is 0.322 e. The molecule has 1 aromatic rings. The molecule has 0 spiro atoms. The summed E-state index contributed by atoms with van der Waals surface area (Å²) in [7, 11) is 0. The van der Waals surface area contributed by atoms with Gasteiger partial charge in [0, 0.05) is 32.7 Å². The van der Waals surface area contributed by atoms with Gasteiger partial charge in [-0.05, 0) is 24.6 Å². The van der Waals surface area contributed by atoms with Crippen LogP contribution in [-0.2, 0) is 0 Å². The Balaban J connectivity index is 1.89. The summed E-state index contributed by atoms with van der Waals surface area (Å²) < 4.78 is 13.7. The summed E-state index contributed by atoms with van der Waals surface area (Å²) in [4.78, 5) is 15.8. The molecule has 6 heteroatoms. The maximum Gasteiger partial charge on any atom is 0.322 e. The van der Waals surface area contributed by atoms with Crippen LogP contribution in [0.4, 0.5) is 14.9 Å². The standard InChI is InChI=1S/C14H20FN3O2/c1-11-2-3-13(12(15)10-11)16-14(20)18-6-4-17(5-7-18)8-9-19/h2-3,10,19H,4-9H2,1H3,(H,16,20). The Bertz CT molecular complexity index is 473. The number of benzene rings is 1. The summed E-state index contributed by atoms with van der Waals surface area (Å²) in [5.41, 5.74) is 1.02. The highest BCUT2D eigenvalue weighted by Crippen LogP contribution is 2.16. The highest BCUT2D eigenvalue weighted by molar-refractivity contribution is 5.89. The average Bonchev–Trinajstić information content (AvgIpc) is 2.43. The maximum absolute atomic E-state index is 13.7. The molecule has 1 aliphatic rings. The lowest BCUT2D eigenvalue weighted by Crippen LogP contribution is -2.50. The van der Waals surface area contributed by atoms with E-state index in [4.69, 9.17) is 5.11 Å². The SMILES string of the molecule is Cc1ccc(NC(=O)N2CCN(CCO)CC2)c(F)c1. The lowest BCUT2D eigenvalue weighted by Gasteiger charge is -2.34. The summed E-state index contributed by atoms with van der Waals surface area (Å²) >= 11 is 0. The number of urea groups is 1. The molecule has 1 saturated heterocycles. The van der Waals surface area contributed by atoms with Crippen LogP contribution in [0.25, 0.3) is 0 Å². The number of carbonyl (C=O) groups excluding carboxylic acids is 1. The molecule has 1 fully saturated rings. The number of aliphatic hydroxyl groups excluding tert-OH is 1. The first kappa shape index (κ1) is 14.7. The third-order valence-corrected chi connectivity index (χ3v) is 3.44. The lowest BCUT2D eigenvalue weighted by molar-refractivity contribution is 0.127. The van der Waals surface area contributed by atoms with Crippen molar-refractivity contribution < 1.29 is 14.3 Å². The molecule has 2 amide bonds. The van der Waals surface area contributed by atoms with Crippen molar-refractivity contribution in [1.82, 2.24) is 9.80 Å². The van der Waals surface area contributed by atoms with Gasteiger partial charge in [0.15, 0.2) is 0 Å². The minimum absolute atomic E-state index is 0.126. The van der Waals surface area contributed by atoms with Gasteiger partial charge >= 0.3 is 6.03 Å². The van der Waals surface area contributed by atoms with Crippen LogP contribution in [-0.4, -0.2) is 60.3 Å². The van der Waals surface area contributed by atoms with Crippen LogP contribution >= 0.6 is 0 Å². The average molecular weight is 281 g/mol. The van der Waals surface area contributed by atoms with Gasteiger partial charge in [0.2, 0.25) is 0 Å². The van der Waals surface area contributed by atoms with Gasteiger partial charge in [0.25, 0.3) is 0 Å². The number of piperazine rings is 1. The molecular weight excluding hydrogens is 261 g/mol. The van der Waals surface area contributed by atoms with E-state index in [1.54, 1.807) is 24.0 Å². The predicted octanol–water partition coefficient (Wildman–Crippen LogP) is 1.28. The Hall–Kier alpha value is -1.66. The Morgan fingerprint density at radius 2 is 2.05 bits per heavy atom. The molecule has 1 aliphatic heterocycles. The van der Waals surface area contributed by atoms with E-state index in [9.17, 15) is 9.18 Å². The molecular formula is C14H20FN3O2. The van der Waals surface area contributed by atoms with Crippen LogP contribution in [0.1, 0.15) is 5.56 Å². The molecule has 1 heterocycles. The Kier molecular flexibility index (Phi) is 4.92. The van der Waals surface area contributed by atoms with E-state index >= 15 is 0 Å². The largest absolute Gasteiger partial charge is 0.395 e. The highest BCUT2D eigenvalue weighted by Gasteiger charge is 2.21. The molecule has 0 aromatic heterocycles. The topological polar surface area (TPSA) is 55.8 Å². The predicted molar refractivity (Wildman–Crippen MR) is 75.3 cm³/mol. The quantitative estimate of drug-likeness (QED) is 0.877. The molecule has 2 N–H and O–H groups in total. The Morgan fingerprint density at radius 1 is 1.35 bits per heavy atom. The Labute approximate surface area is 118 Å². The zero-order chi connectivity index (χ0) is 14.5. The van der Waals surface area contributed by atoms with Crippen LogP contribution in [0, 0.1) is 12.7 Å². The Morgan fingerprint density at radius 3 is 2.65 bits per heavy atom.